The van der Waals surface area contributed by atoms with E-state index in [4.69, 9.17) is 15.7 Å². The van der Waals surface area contributed by atoms with Gasteiger partial charge < -0.3 is 15.7 Å². The number of hydrogen-bond acceptors (Lipinski definition) is 6. The van der Waals surface area contributed by atoms with Crippen LogP contribution in [-0.2, 0) is 0 Å². The van der Waals surface area contributed by atoms with Crippen molar-refractivity contribution in [2.24, 2.45) is 10.9 Å². The minimum atomic E-state index is 0.0248. The summed E-state index contributed by atoms with van der Waals surface area (Å²) in [4.78, 5) is 0. The summed E-state index contributed by atoms with van der Waals surface area (Å²) in [5, 5.41) is 22.9. The maximum atomic E-state index is 8.79. The number of oxime groups is 1. The largest absolute Gasteiger partial charge is 0.488 e. The highest BCUT2D eigenvalue weighted by molar-refractivity contribution is 5.97. The number of benzene rings is 1. The zero-order valence-electron chi connectivity index (χ0n) is 11.4. The molecule has 3 rings (SSSR count). The first-order chi connectivity index (χ1) is 10.3. The first kappa shape index (κ1) is 13.3. The van der Waals surface area contributed by atoms with E-state index >= 15 is 0 Å². The van der Waals surface area contributed by atoms with E-state index < -0.39 is 0 Å². The molecule has 8 heteroatoms. The number of nitrogens with two attached hydrogens (primary N) is 1. The summed E-state index contributed by atoms with van der Waals surface area (Å²) in [6.45, 7) is 0. The summed E-state index contributed by atoms with van der Waals surface area (Å²) in [5.41, 5.74) is 6.86. The number of tetrazole rings is 1. The fourth-order valence-corrected chi connectivity index (χ4v) is 2.47. The van der Waals surface area contributed by atoms with Crippen LogP contribution in [-0.4, -0.2) is 37.4 Å². The van der Waals surface area contributed by atoms with Gasteiger partial charge in [0, 0.05) is 5.56 Å². The molecule has 2 aromatic rings. The van der Waals surface area contributed by atoms with Gasteiger partial charge in [0.25, 0.3) is 0 Å². The number of nitrogens with zero attached hydrogens (tertiary/aromatic N) is 5. The number of hydrogen-bond donors (Lipinski definition) is 2. The summed E-state index contributed by atoms with van der Waals surface area (Å²) in [6, 6.07) is 5.27. The van der Waals surface area contributed by atoms with Crippen LogP contribution in [0, 0.1) is 0 Å². The Hall–Kier alpha value is -2.64. The molecular formula is C13H16N6O2. The quantitative estimate of drug-likeness (QED) is 0.377. The van der Waals surface area contributed by atoms with Crippen LogP contribution in [0.3, 0.4) is 0 Å². The number of rotatable bonds is 4. The Labute approximate surface area is 121 Å². The second-order valence-corrected chi connectivity index (χ2v) is 4.95. The Morgan fingerprint density at radius 1 is 1.38 bits per heavy atom. The van der Waals surface area contributed by atoms with Crippen LogP contribution >= 0.6 is 0 Å². The summed E-state index contributed by atoms with van der Waals surface area (Å²) in [7, 11) is 0. The third-order valence-electron chi connectivity index (χ3n) is 3.55. The molecule has 110 valence electrons. The minimum Gasteiger partial charge on any atom is -0.488 e. The number of amidine groups is 1. The summed E-state index contributed by atoms with van der Waals surface area (Å²) in [6.07, 6.45) is 6.18. The van der Waals surface area contributed by atoms with Crippen LogP contribution in [0.2, 0.25) is 0 Å². The van der Waals surface area contributed by atoms with Gasteiger partial charge in [-0.1, -0.05) is 5.16 Å². The van der Waals surface area contributed by atoms with E-state index in [0.717, 1.165) is 12.8 Å². The SMILES string of the molecule is NC(=NO)c1ccc(OC2CCCC2)c(-n2cnnn2)c1. The van der Waals surface area contributed by atoms with Gasteiger partial charge in [0.05, 0.1) is 6.10 Å². The maximum Gasteiger partial charge on any atom is 0.170 e. The Kier molecular flexibility index (Phi) is 3.67. The smallest absolute Gasteiger partial charge is 0.170 e. The fourth-order valence-electron chi connectivity index (χ4n) is 2.47. The first-order valence-electron chi connectivity index (χ1n) is 6.80. The maximum absolute atomic E-state index is 8.79. The van der Waals surface area contributed by atoms with E-state index in [0.29, 0.717) is 17.0 Å². The number of ether oxygens (including phenoxy) is 1. The van der Waals surface area contributed by atoms with Gasteiger partial charge in [-0.3, -0.25) is 0 Å². The molecule has 1 aliphatic carbocycles. The third kappa shape index (κ3) is 2.78. The van der Waals surface area contributed by atoms with Crippen LogP contribution in [0.1, 0.15) is 31.2 Å². The van der Waals surface area contributed by atoms with Gasteiger partial charge in [0.15, 0.2) is 5.84 Å². The van der Waals surface area contributed by atoms with Crippen LogP contribution in [0.15, 0.2) is 29.7 Å². The molecule has 0 saturated heterocycles. The highest BCUT2D eigenvalue weighted by atomic mass is 16.5. The van der Waals surface area contributed by atoms with Crippen molar-refractivity contribution in [3.8, 4) is 11.4 Å². The number of aromatic nitrogens is 4. The van der Waals surface area contributed by atoms with Crippen molar-refractivity contribution in [3.63, 3.8) is 0 Å². The monoisotopic (exact) mass is 288 g/mol. The van der Waals surface area contributed by atoms with E-state index in [9.17, 15) is 0 Å². The molecular weight excluding hydrogens is 272 g/mol. The molecule has 1 heterocycles. The van der Waals surface area contributed by atoms with Gasteiger partial charge in [-0.15, -0.1) is 5.10 Å². The molecule has 0 aliphatic heterocycles. The normalized spacial score (nSPS) is 16.3. The molecule has 1 aromatic carbocycles. The lowest BCUT2D eigenvalue weighted by molar-refractivity contribution is 0.209. The molecule has 0 unspecified atom stereocenters. The lowest BCUT2D eigenvalue weighted by Gasteiger charge is -2.16. The highest BCUT2D eigenvalue weighted by Crippen LogP contribution is 2.29. The van der Waals surface area contributed by atoms with Crippen molar-refractivity contribution in [1.29, 1.82) is 0 Å². The van der Waals surface area contributed by atoms with E-state index in [1.165, 1.54) is 23.9 Å². The molecule has 0 bridgehead atoms. The summed E-state index contributed by atoms with van der Waals surface area (Å²) < 4.78 is 7.54. The zero-order chi connectivity index (χ0) is 14.7. The van der Waals surface area contributed by atoms with Gasteiger partial charge >= 0.3 is 0 Å². The van der Waals surface area contributed by atoms with Crippen molar-refractivity contribution in [2.75, 3.05) is 0 Å². The Bertz CT molecular complexity index is 634. The second-order valence-electron chi connectivity index (χ2n) is 4.95. The van der Waals surface area contributed by atoms with Crippen molar-refractivity contribution >= 4 is 5.84 Å². The lowest BCUT2D eigenvalue weighted by atomic mass is 10.1. The van der Waals surface area contributed by atoms with E-state index in [1.54, 1.807) is 18.2 Å². The second kappa shape index (κ2) is 5.78. The minimum absolute atomic E-state index is 0.0248. The molecule has 3 N–H and O–H groups in total. The average molecular weight is 288 g/mol. The van der Waals surface area contributed by atoms with E-state index in [-0.39, 0.29) is 11.9 Å². The molecule has 0 amide bonds. The van der Waals surface area contributed by atoms with Crippen LogP contribution < -0.4 is 10.5 Å². The van der Waals surface area contributed by atoms with Crippen LogP contribution in [0.4, 0.5) is 0 Å². The summed E-state index contributed by atoms with van der Waals surface area (Å²) >= 11 is 0. The summed E-state index contributed by atoms with van der Waals surface area (Å²) in [5.74, 6) is 0.709. The van der Waals surface area contributed by atoms with E-state index in [2.05, 4.69) is 20.7 Å². The molecule has 8 nitrogen and oxygen atoms in total. The van der Waals surface area contributed by atoms with Crippen LogP contribution in [0.5, 0.6) is 5.75 Å². The van der Waals surface area contributed by atoms with Crippen LogP contribution in [0.25, 0.3) is 5.69 Å². The molecule has 21 heavy (non-hydrogen) atoms. The van der Waals surface area contributed by atoms with Gasteiger partial charge in [0.1, 0.15) is 17.8 Å². The zero-order valence-corrected chi connectivity index (χ0v) is 11.4. The van der Waals surface area contributed by atoms with Gasteiger partial charge in [-0.05, 0) is 54.3 Å². The Morgan fingerprint density at radius 3 is 2.86 bits per heavy atom. The molecule has 0 atom stereocenters. The standard InChI is InChI=1S/C13H16N6O2/c14-13(16-20)9-5-6-12(21-10-3-1-2-4-10)11(7-9)19-8-15-17-18-19/h5-8,10,20H,1-4H2,(H2,14,16). The molecule has 1 aromatic heterocycles. The van der Waals surface area contributed by atoms with Crippen molar-refractivity contribution in [3.05, 3.63) is 30.1 Å². The Morgan fingerprint density at radius 2 is 2.19 bits per heavy atom. The predicted octanol–water partition coefficient (Wildman–Crippen LogP) is 1.08. The topological polar surface area (TPSA) is 111 Å². The van der Waals surface area contributed by atoms with Crippen molar-refractivity contribution in [2.45, 2.75) is 31.8 Å². The van der Waals surface area contributed by atoms with Gasteiger partial charge in [0.2, 0.25) is 0 Å². The van der Waals surface area contributed by atoms with E-state index in [1.807, 2.05) is 0 Å². The van der Waals surface area contributed by atoms with Crippen molar-refractivity contribution < 1.29 is 9.94 Å². The van der Waals surface area contributed by atoms with Gasteiger partial charge in [-0.25, -0.2) is 0 Å². The van der Waals surface area contributed by atoms with Gasteiger partial charge in [-0.2, -0.15) is 4.68 Å². The lowest BCUT2D eigenvalue weighted by Crippen LogP contribution is -2.16. The molecule has 1 aliphatic rings. The molecule has 0 radical (unpaired) electrons. The van der Waals surface area contributed by atoms with Crippen molar-refractivity contribution in [1.82, 2.24) is 20.2 Å². The Balaban J connectivity index is 1.98. The molecule has 1 saturated carbocycles. The average Bonchev–Trinajstić information content (AvgIpc) is 3.20. The predicted molar refractivity (Wildman–Crippen MR) is 74.5 cm³/mol. The first-order valence-corrected chi connectivity index (χ1v) is 6.80. The third-order valence-corrected chi connectivity index (χ3v) is 3.55. The fraction of sp³-hybridized carbons (Fsp3) is 0.385. The highest BCUT2D eigenvalue weighted by Gasteiger charge is 2.19. The molecule has 1 fully saturated rings. The molecule has 0 spiro atoms.